The highest BCUT2D eigenvalue weighted by Gasteiger charge is 2.23. The van der Waals surface area contributed by atoms with E-state index in [2.05, 4.69) is 5.32 Å². The van der Waals surface area contributed by atoms with E-state index in [1.165, 1.54) is 6.08 Å². The number of hydrogen-bond donors (Lipinski definition) is 1. The van der Waals surface area contributed by atoms with Gasteiger partial charge in [0.2, 0.25) is 0 Å². The van der Waals surface area contributed by atoms with Crippen molar-refractivity contribution in [2.75, 3.05) is 18.9 Å². The lowest BCUT2D eigenvalue weighted by atomic mass is 10.0. The number of amides is 1. The van der Waals surface area contributed by atoms with Crippen LogP contribution in [0.1, 0.15) is 53.4 Å². The fourth-order valence-corrected chi connectivity index (χ4v) is 4.04. The first-order valence-electron chi connectivity index (χ1n) is 12.9. The van der Waals surface area contributed by atoms with E-state index in [4.69, 9.17) is 9.47 Å². The lowest BCUT2D eigenvalue weighted by molar-refractivity contribution is -0.104. The Bertz CT molecular complexity index is 1280. The largest absolute Gasteiger partial charge is 0.487 e. The fraction of sp³-hybridized carbons (Fsp3) is 0.281. The van der Waals surface area contributed by atoms with E-state index in [0.29, 0.717) is 37.4 Å². The monoisotopic (exact) mass is 528 g/mol. The molecule has 1 N–H and O–H groups in total. The van der Waals surface area contributed by atoms with Gasteiger partial charge in [-0.2, -0.15) is 0 Å². The van der Waals surface area contributed by atoms with Gasteiger partial charge in [-0.1, -0.05) is 60.7 Å². The molecule has 3 aromatic rings. The van der Waals surface area contributed by atoms with Crippen molar-refractivity contribution in [1.29, 1.82) is 0 Å². The molecule has 0 aliphatic carbocycles. The molecule has 3 rings (SSSR count). The van der Waals surface area contributed by atoms with Crippen molar-refractivity contribution >= 4 is 30.4 Å². The highest BCUT2D eigenvalue weighted by molar-refractivity contribution is 5.82. The highest BCUT2D eigenvalue weighted by atomic mass is 16.6. The Balaban J connectivity index is 1.86. The van der Waals surface area contributed by atoms with Crippen molar-refractivity contribution in [1.82, 2.24) is 4.90 Å². The second-order valence-corrected chi connectivity index (χ2v) is 10.0. The van der Waals surface area contributed by atoms with Crippen LogP contribution < -0.4 is 10.1 Å². The number of hydrogen-bond acceptors (Lipinski definition) is 6. The summed E-state index contributed by atoms with van der Waals surface area (Å²) in [5.74, 6) is 0.662. The van der Waals surface area contributed by atoms with Crippen molar-refractivity contribution < 1.29 is 23.9 Å². The number of nitrogens with zero attached hydrogens (tertiary/aromatic N) is 1. The van der Waals surface area contributed by atoms with Crippen LogP contribution in [0.25, 0.3) is 6.08 Å². The van der Waals surface area contributed by atoms with Crippen LogP contribution >= 0.6 is 0 Å². The number of anilines is 1. The van der Waals surface area contributed by atoms with Crippen LogP contribution in [-0.4, -0.2) is 42.8 Å². The number of rotatable bonds is 12. The first-order valence-corrected chi connectivity index (χ1v) is 12.9. The van der Waals surface area contributed by atoms with Crippen LogP contribution in [0.5, 0.6) is 5.75 Å². The predicted molar refractivity (Wildman–Crippen MR) is 154 cm³/mol. The number of allylic oxidation sites excluding steroid dienone is 1. The second-order valence-electron chi connectivity index (χ2n) is 10.0. The summed E-state index contributed by atoms with van der Waals surface area (Å²) in [6.45, 7) is 6.60. The minimum Gasteiger partial charge on any atom is -0.487 e. The molecule has 204 valence electrons. The van der Waals surface area contributed by atoms with E-state index in [0.717, 1.165) is 40.5 Å². The minimum absolute atomic E-state index is 0.324. The maximum absolute atomic E-state index is 13.1. The van der Waals surface area contributed by atoms with Gasteiger partial charge in [-0.3, -0.25) is 9.59 Å². The van der Waals surface area contributed by atoms with Crippen LogP contribution in [0.3, 0.4) is 0 Å². The summed E-state index contributed by atoms with van der Waals surface area (Å²) in [6, 6.07) is 20.9. The number of benzene rings is 3. The van der Waals surface area contributed by atoms with Gasteiger partial charge in [0.1, 0.15) is 30.5 Å². The molecule has 39 heavy (non-hydrogen) atoms. The standard InChI is InChI=1S/C32H36N2O5/c1-32(2,3)39-31(37)34(21-24-12-14-25(22-36)15-13-24)19-18-27-16-17-29(30(33-4)28(27)11-8-20-35)38-23-26-9-6-5-7-10-26/h5-17,20,22,33H,18-19,21,23H2,1-4H3/b11-8-. The van der Waals surface area contributed by atoms with Crippen molar-refractivity contribution in [3.05, 3.63) is 101 Å². The van der Waals surface area contributed by atoms with Gasteiger partial charge in [0.25, 0.3) is 0 Å². The number of carbonyl (C=O) groups excluding carboxylic acids is 3. The number of ether oxygens (including phenoxy) is 2. The van der Waals surface area contributed by atoms with E-state index >= 15 is 0 Å². The zero-order chi connectivity index (χ0) is 28.3. The van der Waals surface area contributed by atoms with Crippen LogP contribution in [0.2, 0.25) is 0 Å². The molecule has 0 fully saturated rings. The van der Waals surface area contributed by atoms with E-state index in [1.54, 1.807) is 23.1 Å². The van der Waals surface area contributed by atoms with E-state index in [9.17, 15) is 14.4 Å². The van der Waals surface area contributed by atoms with Gasteiger partial charge in [0.05, 0.1) is 5.69 Å². The lowest BCUT2D eigenvalue weighted by Gasteiger charge is -2.28. The third kappa shape index (κ3) is 8.85. The Morgan fingerprint density at radius 1 is 0.949 bits per heavy atom. The summed E-state index contributed by atoms with van der Waals surface area (Å²) in [5.41, 5.74) is 4.36. The second kappa shape index (κ2) is 14.0. The number of nitrogens with one attached hydrogen (secondary N) is 1. The van der Waals surface area contributed by atoms with Crippen molar-refractivity contribution in [3.63, 3.8) is 0 Å². The molecule has 0 atom stereocenters. The highest BCUT2D eigenvalue weighted by Crippen LogP contribution is 2.33. The summed E-state index contributed by atoms with van der Waals surface area (Å²) < 4.78 is 11.8. The Labute approximate surface area is 230 Å². The number of aldehydes is 2. The van der Waals surface area contributed by atoms with Crippen LogP contribution in [-0.2, 0) is 29.1 Å². The SMILES string of the molecule is CNc1c(OCc2ccccc2)ccc(CCN(Cc2ccc(C=O)cc2)C(=O)OC(C)(C)C)c1/C=C\C=O. The third-order valence-corrected chi connectivity index (χ3v) is 5.92. The van der Waals surface area contributed by atoms with Gasteiger partial charge in [-0.05, 0) is 62.1 Å². The summed E-state index contributed by atoms with van der Waals surface area (Å²) in [5, 5.41) is 3.22. The topological polar surface area (TPSA) is 84.9 Å². The minimum atomic E-state index is -0.647. The van der Waals surface area contributed by atoms with Gasteiger partial charge in [-0.25, -0.2) is 4.79 Å². The molecule has 0 radical (unpaired) electrons. The van der Waals surface area contributed by atoms with Crippen LogP contribution in [0.15, 0.2) is 72.8 Å². The summed E-state index contributed by atoms with van der Waals surface area (Å²) in [6.07, 6.45) is 4.80. The molecule has 7 heteroatoms. The molecule has 0 aliphatic rings. The Morgan fingerprint density at radius 2 is 1.67 bits per heavy atom. The lowest BCUT2D eigenvalue weighted by Crippen LogP contribution is -2.37. The summed E-state index contributed by atoms with van der Waals surface area (Å²) >= 11 is 0. The molecule has 0 saturated heterocycles. The fourth-order valence-electron chi connectivity index (χ4n) is 4.04. The van der Waals surface area contributed by atoms with E-state index in [-0.39, 0.29) is 0 Å². The smallest absolute Gasteiger partial charge is 0.410 e. The summed E-state index contributed by atoms with van der Waals surface area (Å²) in [4.78, 5) is 37.0. The molecule has 0 bridgehead atoms. The molecule has 0 aliphatic heterocycles. The molecule has 0 unspecified atom stereocenters. The molecule has 0 aromatic heterocycles. The molecule has 0 spiro atoms. The van der Waals surface area contributed by atoms with Gasteiger partial charge in [0.15, 0.2) is 0 Å². The third-order valence-electron chi connectivity index (χ3n) is 5.92. The predicted octanol–water partition coefficient (Wildman–Crippen LogP) is 6.31. The van der Waals surface area contributed by atoms with Gasteiger partial charge in [0, 0.05) is 31.3 Å². The molecule has 7 nitrogen and oxygen atoms in total. The molecule has 1 amide bonds. The van der Waals surface area contributed by atoms with Crippen LogP contribution in [0.4, 0.5) is 10.5 Å². The van der Waals surface area contributed by atoms with Crippen LogP contribution in [0, 0.1) is 0 Å². The molecule has 0 saturated carbocycles. The normalized spacial score (nSPS) is 11.2. The van der Waals surface area contributed by atoms with Crippen molar-refractivity contribution in [2.24, 2.45) is 0 Å². The van der Waals surface area contributed by atoms with E-state index in [1.807, 2.05) is 82.4 Å². The molecule has 3 aromatic carbocycles. The van der Waals surface area contributed by atoms with E-state index < -0.39 is 11.7 Å². The quantitative estimate of drug-likeness (QED) is 0.219. The van der Waals surface area contributed by atoms with Crippen molar-refractivity contribution in [3.8, 4) is 5.75 Å². The maximum atomic E-state index is 13.1. The van der Waals surface area contributed by atoms with Gasteiger partial charge in [-0.15, -0.1) is 0 Å². The Kier molecular flexibility index (Phi) is 10.4. The van der Waals surface area contributed by atoms with Gasteiger partial charge < -0.3 is 19.7 Å². The molecular weight excluding hydrogens is 492 g/mol. The Hall–Kier alpha value is -4.39. The zero-order valence-electron chi connectivity index (χ0n) is 23.0. The number of carbonyl (C=O) groups is 3. The maximum Gasteiger partial charge on any atom is 0.410 e. The Morgan fingerprint density at radius 3 is 2.28 bits per heavy atom. The molecular formula is C32H36N2O5. The molecule has 0 heterocycles. The zero-order valence-corrected chi connectivity index (χ0v) is 23.0. The average molecular weight is 529 g/mol. The van der Waals surface area contributed by atoms with Gasteiger partial charge >= 0.3 is 6.09 Å². The first kappa shape index (κ1) is 29.2. The van der Waals surface area contributed by atoms with Crippen molar-refractivity contribution in [2.45, 2.75) is 45.9 Å². The first-order chi connectivity index (χ1) is 18.7. The summed E-state index contributed by atoms with van der Waals surface area (Å²) in [7, 11) is 1.81. The average Bonchev–Trinajstić information content (AvgIpc) is 2.93.